The molecule has 0 saturated carbocycles. The molecule has 2 aromatic rings. The fourth-order valence-corrected chi connectivity index (χ4v) is 1.86. The van der Waals surface area contributed by atoms with E-state index in [4.69, 9.17) is 4.74 Å². The summed E-state index contributed by atoms with van der Waals surface area (Å²) in [5, 5.41) is 3.37. The van der Waals surface area contributed by atoms with Gasteiger partial charge in [0.05, 0.1) is 0 Å². The van der Waals surface area contributed by atoms with Gasteiger partial charge in [-0.2, -0.15) is 0 Å². The third-order valence-electron chi connectivity index (χ3n) is 2.91. The van der Waals surface area contributed by atoms with Gasteiger partial charge in [0.1, 0.15) is 18.2 Å². The van der Waals surface area contributed by atoms with Crippen molar-refractivity contribution >= 4 is 0 Å². The Morgan fingerprint density at radius 3 is 2.55 bits per heavy atom. The van der Waals surface area contributed by atoms with Crippen molar-refractivity contribution in [3.8, 4) is 5.75 Å². The average molecular weight is 273 g/mol. The molecule has 0 aromatic heterocycles. The van der Waals surface area contributed by atoms with Crippen molar-refractivity contribution in [3.05, 3.63) is 65.5 Å². The van der Waals surface area contributed by atoms with Gasteiger partial charge in [-0.05, 0) is 35.4 Å². The van der Waals surface area contributed by atoms with Crippen molar-refractivity contribution in [2.45, 2.75) is 33.0 Å². The minimum Gasteiger partial charge on any atom is -0.489 e. The summed E-state index contributed by atoms with van der Waals surface area (Å²) < 4.78 is 18.8. The Balaban J connectivity index is 1.94. The summed E-state index contributed by atoms with van der Waals surface area (Å²) in [5.74, 6) is 0.568. The van der Waals surface area contributed by atoms with Crippen LogP contribution in [0.3, 0.4) is 0 Å². The quantitative estimate of drug-likeness (QED) is 0.861. The molecular weight excluding hydrogens is 253 g/mol. The van der Waals surface area contributed by atoms with E-state index < -0.39 is 0 Å². The molecule has 1 N–H and O–H groups in total. The molecule has 0 spiro atoms. The molecule has 0 saturated heterocycles. The van der Waals surface area contributed by atoms with E-state index in [-0.39, 0.29) is 5.82 Å². The highest BCUT2D eigenvalue weighted by molar-refractivity contribution is 5.29. The zero-order chi connectivity index (χ0) is 14.4. The first-order chi connectivity index (χ1) is 9.63. The smallest absolute Gasteiger partial charge is 0.123 e. The van der Waals surface area contributed by atoms with Crippen LogP contribution in [0.4, 0.5) is 4.39 Å². The van der Waals surface area contributed by atoms with Gasteiger partial charge in [0.15, 0.2) is 0 Å². The van der Waals surface area contributed by atoms with Gasteiger partial charge in [-0.25, -0.2) is 4.39 Å². The first-order valence-electron chi connectivity index (χ1n) is 6.83. The van der Waals surface area contributed by atoms with Crippen LogP contribution in [0, 0.1) is 5.82 Å². The van der Waals surface area contributed by atoms with E-state index >= 15 is 0 Å². The third-order valence-corrected chi connectivity index (χ3v) is 2.91. The highest BCUT2D eigenvalue weighted by Gasteiger charge is 2.00. The third kappa shape index (κ3) is 4.67. The van der Waals surface area contributed by atoms with Crippen LogP contribution in [0.1, 0.15) is 25.0 Å². The minimum absolute atomic E-state index is 0.235. The van der Waals surface area contributed by atoms with Crippen LogP contribution in [-0.2, 0) is 13.2 Å². The van der Waals surface area contributed by atoms with Crippen molar-refractivity contribution in [2.24, 2.45) is 0 Å². The van der Waals surface area contributed by atoms with E-state index in [1.165, 1.54) is 17.7 Å². The van der Waals surface area contributed by atoms with Gasteiger partial charge >= 0.3 is 0 Å². The Morgan fingerprint density at radius 1 is 1.05 bits per heavy atom. The van der Waals surface area contributed by atoms with Gasteiger partial charge in [0, 0.05) is 12.6 Å². The molecule has 2 rings (SSSR count). The molecule has 0 aliphatic carbocycles. The Kier molecular flexibility index (Phi) is 5.13. The Labute approximate surface area is 119 Å². The number of halogens is 1. The van der Waals surface area contributed by atoms with E-state index in [1.807, 2.05) is 24.3 Å². The zero-order valence-electron chi connectivity index (χ0n) is 11.9. The van der Waals surface area contributed by atoms with Gasteiger partial charge in [-0.3, -0.25) is 0 Å². The zero-order valence-corrected chi connectivity index (χ0v) is 11.9. The monoisotopic (exact) mass is 273 g/mol. The normalized spacial score (nSPS) is 10.8. The predicted octanol–water partition coefficient (Wildman–Crippen LogP) is 3.90. The van der Waals surface area contributed by atoms with Crippen LogP contribution >= 0.6 is 0 Å². The molecule has 106 valence electrons. The van der Waals surface area contributed by atoms with Gasteiger partial charge in [-0.1, -0.05) is 38.1 Å². The summed E-state index contributed by atoms with van der Waals surface area (Å²) in [6.45, 7) is 5.42. The summed E-state index contributed by atoms with van der Waals surface area (Å²) in [7, 11) is 0. The molecule has 3 heteroatoms. The van der Waals surface area contributed by atoms with Gasteiger partial charge in [-0.15, -0.1) is 0 Å². The van der Waals surface area contributed by atoms with Gasteiger partial charge < -0.3 is 10.1 Å². The maximum atomic E-state index is 13.1. The van der Waals surface area contributed by atoms with Crippen LogP contribution in [0.25, 0.3) is 0 Å². The van der Waals surface area contributed by atoms with E-state index in [1.54, 1.807) is 6.07 Å². The highest BCUT2D eigenvalue weighted by Crippen LogP contribution is 2.15. The Morgan fingerprint density at radius 2 is 1.80 bits per heavy atom. The molecule has 0 fully saturated rings. The second-order valence-corrected chi connectivity index (χ2v) is 5.10. The highest BCUT2D eigenvalue weighted by atomic mass is 19.1. The molecule has 0 bridgehead atoms. The van der Waals surface area contributed by atoms with E-state index in [2.05, 4.69) is 25.2 Å². The molecule has 2 nitrogen and oxygen atoms in total. The molecule has 20 heavy (non-hydrogen) atoms. The second-order valence-electron chi connectivity index (χ2n) is 5.10. The Hall–Kier alpha value is -1.87. The number of nitrogens with one attached hydrogen (secondary N) is 1. The lowest BCUT2D eigenvalue weighted by molar-refractivity contribution is 0.305. The molecule has 0 atom stereocenters. The lowest BCUT2D eigenvalue weighted by Gasteiger charge is -2.10. The maximum absolute atomic E-state index is 13.1. The van der Waals surface area contributed by atoms with Gasteiger partial charge in [0.2, 0.25) is 0 Å². The van der Waals surface area contributed by atoms with E-state index in [0.717, 1.165) is 17.9 Å². The van der Waals surface area contributed by atoms with Crippen molar-refractivity contribution in [2.75, 3.05) is 0 Å². The van der Waals surface area contributed by atoms with Crippen LogP contribution < -0.4 is 10.1 Å². The number of ether oxygens (including phenoxy) is 1. The lowest BCUT2D eigenvalue weighted by atomic mass is 10.2. The Bertz CT molecular complexity index is 554. The first-order valence-corrected chi connectivity index (χ1v) is 6.83. The molecule has 0 amide bonds. The summed E-state index contributed by atoms with van der Waals surface area (Å²) in [5.41, 5.74) is 2.01. The van der Waals surface area contributed by atoms with Gasteiger partial charge in [0.25, 0.3) is 0 Å². The summed E-state index contributed by atoms with van der Waals surface area (Å²) in [4.78, 5) is 0. The predicted molar refractivity (Wildman–Crippen MR) is 79.1 cm³/mol. The standard InChI is InChI=1S/C17H20FNO/c1-13(2)19-11-14-5-4-8-17(10-14)20-12-15-6-3-7-16(18)9-15/h3-10,13,19H,11-12H2,1-2H3. The largest absolute Gasteiger partial charge is 0.489 e. The van der Waals surface area contributed by atoms with E-state index in [0.29, 0.717) is 12.6 Å². The van der Waals surface area contributed by atoms with Crippen LogP contribution in [0.2, 0.25) is 0 Å². The molecule has 0 heterocycles. The molecule has 0 radical (unpaired) electrons. The molecule has 0 aliphatic heterocycles. The minimum atomic E-state index is -0.235. The topological polar surface area (TPSA) is 21.3 Å². The van der Waals surface area contributed by atoms with Crippen molar-refractivity contribution in [1.29, 1.82) is 0 Å². The fraction of sp³-hybridized carbons (Fsp3) is 0.294. The fourth-order valence-electron chi connectivity index (χ4n) is 1.86. The number of rotatable bonds is 6. The number of hydrogen-bond acceptors (Lipinski definition) is 2. The molecule has 0 aliphatic rings. The summed E-state index contributed by atoms with van der Waals surface area (Å²) >= 11 is 0. The summed E-state index contributed by atoms with van der Waals surface area (Å²) in [6, 6.07) is 14.9. The number of hydrogen-bond donors (Lipinski definition) is 1. The second kappa shape index (κ2) is 7.06. The lowest BCUT2D eigenvalue weighted by Crippen LogP contribution is -2.21. The van der Waals surface area contributed by atoms with Crippen LogP contribution in [-0.4, -0.2) is 6.04 Å². The van der Waals surface area contributed by atoms with Crippen LogP contribution in [0.5, 0.6) is 5.75 Å². The first kappa shape index (κ1) is 14.5. The molecule has 2 aromatic carbocycles. The maximum Gasteiger partial charge on any atom is 0.123 e. The van der Waals surface area contributed by atoms with Crippen LogP contribution in [0.15, 0.2) is 48.5 Å². The van der Waals surface area contributed by atoms with E-state index in [9.17, 15) is 4.39 Å². The summed E-state index contributed by atoms with van der Waals surface area (Å²) in [6.07, 6.45) is 0. The average Bonchev–Trinajstić information content (AvgIpc) is 2.43. The SMILES string of the molecule is CC(C)NCc1cccc(OCc2cccc(F)c2)c1. The van der Waals surface area contributed by atoms with Crippen molar-refractivity contribution < 1.29 is 9.13 Å². The molecular formula is C17H20FNO. The number of benzene rings is 2. The van der Waals surface area contributed by atoms with Crippen molar-refractivity contribution in [1.82, 2.24) is 5.32 Å². The molecule has 0 unspecified atom stereocenters. The van der Waals surface area contributed by atoms with Crippen molar-refractivity contribution in [3.63, 3.8) is 0 Å².